The van der Waals surface area contributed by atoms with E-state index in [9.17, 15) is 21.9 Å². The van der Waals surface area contributed by atoms with E-state index in [4.69, 9.17) is 21.5 Å². The highest BCUT2D eigenvalue weighted by Gasteiger charge is 2.28. The quantitative estimate of drug-likeness (QED) is 0.324. The van der Waals surface area contributed by atoms with Crippen LogP contribution < -0.4 is 5.73 Å². The Morgan fingerprint density at radius 1 is 0.676 bits per heavy atom. The predicted octanol–water partition coefficient (Wildman–Crippen LogP) is 5.08. The average molecular weight is 574 g/mol. The van der Waals surface area contributed by atoms with E-state index in [-0.39, 0.29) is 29.5 Å². The molecule has 2 fully saturated rings. The first-order valence-electron chi connectivity index (χ1n) is 12.9. The number of sulfone groups is 1. The first kappa shape index (κ1) is 31.6. The molecule has 0 radical (unpaired) electrons. The number of hydrogen-bond donors (Lipinski definition) is 3. The van der Waals surface area contributed by atoms with Crippen LogP contribution >= 0.6 is 10.7 Å². The van der Waals surface area contributed by atoms with Crippen LogP contribution in [0.3, 0.4) is 0 Å². The molecule has 0 saturated heterocycles. The predicted molar refractivity (Wildman–Crippen MR) is 150 cm³/mol. The Kier molecular flexibility index (Phi) is 13.4. The highest BCUT2D eigenvalue weighted by molar-refractivity contribution is 8.14. The van der Waals surface area contributed by atoms with Gasteiger partial charge in [0.05, 0.1) is 29.5 Å². The zero-order chi connectivity index (χ0) is 27.3. The summed E-state index contributed by atoms with van der Waals surface area (Å²) in [6, 6.07) is 14.5. The number of aliphatic hydroxyl groups is 2. The van der Waals surface area contributed by atoms with Gasteiger partial charge in [-0.1, -0.05) is 81.0 Å². The Bertz CT molecular complexity index is 1160. The molecule has 0 bridgehead atoms. The third-order valence-electron chi connectivity index (χ3n) is 6.88. The summed E-state index contributed by atoms with van der Waals surface area (Å²) < 4.78 is 46.2. The molecule has 0 aliphatic heterocycles. The number of hydrogen-bond acceptors (Lipinski definition) is 7. The van der Waals surface area contributed by atoms with E-state index >= 15 is 0 Å². The smallest absolute Gasteiger partial charge is 0.235 e. The number of benzene rings is 2. The van der Waals surface area contributed by atoms with Crippen LogP contribution in [0.1, 0.15) is 80.9 Å². The maximum atomic E-state index is 12.3. The Morgan fingerprint density at radius 3 is 1.51 bits per heavy atom. The number of rotatable bonds is 6. The molecule has 0 atom stereocenters. The Labute approximate surface area is 226 Å². The van der Waals surface area contributed by atoms with Crippen molar-refractivity contribution in [3.8, 4) is 0 Å². The number of anilines is 1. The molecule has 0 unspecified atom stereocenters. The molecule has 4 N–H and O–H groups in total. The number of para-hydroxylation sites is 1. The molecule has 2 aromatic carbocycles. The molecule has 2 aromatic rings. The van der Waals surface area contributed by atoms with Gasteiger partial charge in [-0.3, -0.25) is 0 Å². The highest BCUT2D eigenvalue weighted by Crippen LogP contribution is 2.27. The molecular formula is C27H40ClNO6S2. The monoisotopic (exact) mass is 573 g/mol. The summed E-state index contributed by atoms with van der Waals surface area (Å²) >= 11 is 0. The van der Waals surface area contributed by atoms with Gasteiger partial charge in [0.15, 0.2) is 9.84 Å². The normalized spacial score (nSPS) is 17.2. The molecule has 10 heteroatoms. The number of nitrogen functional groups attached to an aromatic ring is 1. The first-order valence-corrected chi connectivity index (χ1v) is 16.9. The van der Waals surface area contributed by atoms with Crippen LogP contribution in [0.4, 0.5) is 5.69 Å². The summed E-state index contributed by atoms with van der Waals surface area (Å²) in [7, 11) is -1.15. The molecule has 0 heterocycles. The molecule has 37 heavy (non-hydrogen) atoms. The van der Waals surface area contributed by atoms with Crippen molar-refractivity contribution < 1.29 is 27.0 Å². The van der Waals surface area contributed by atoms with Gasteiger partial charge in [-0.25, -0.2) is 16.8 Å². The zero-order valence-electron chi connectivity index (χ0n) is 21.3. The molecule has 0 aromatic heterocycles. The standard InChI is InChI=1S/C14H20O3S.C7H9NO.C6H11ClO2S/c15-10-12-6-4-5-7-13(12)11-18(16,17)14-8-2-1-3-9-14;8-7-4-2-1-3-6(7)5-9;7-10(8,9)6-4-2-1-3-5-6/h4-7,14-15H,1-3,8-11H2;1-4,9H,5,8H2;6H,1-5H2. The maximum Gasteiger partial charge on any atom is 0.235 e. The average Bonchev–Trinajstić information content (AvgIpc) is 2.90. The van der Waals surface area contributed by atoms with Crippen molar-refractivity contribution in [3.63, 3.8) is 0 Å². The third-order valence-corrected chi connectivity index (χ3v) is 11.1. The van der Waals surface area contributed by atoms with Gasteiger partial charge in [-0.2, -0.15) is 0 Å². The minimum Gasteiger partial charge on any atom is -0.398 e. The summed E-state index contributed by atoms with van der Waals surface area (Å²) in [6.07, 6.45) is 9.47. The Balaban J connectivity index is 0.000000214. The van der Waals surface area contributed by atoms with E-state index in [1.54, 1.807) is 24.3 Å². The molecule has 2 aliphatic carbocycles. The molecule has 4 rings (SSSR count). The molecule has 7 nitrogen and oxygen atoms in total. The second kappa shape index (κ2) is 15.7. The van der Waals surface area contributed by atoms with Crippen molar-refractivity contribution in [1.82, 2.24) is 0 Å². The van der Waals surface area contributed by atoms with Crippen LogP contribution in [0.2, 0.25) is 0 Å². The second-order valence-electron chi connectivity index (χ2n) is 9.59. The van der Waals surface area contributed by atoms with Gasteiger partial charge in [0.2, 0.25) is 9.05 Å². The second-order valence-corrected chi connectivity index (χ2v) is 14.8. The number of aliphatic hydroxyl groups excluding tert-OH is 2. The van der Waals surface area contributed by atoms with E-state index in [1.165, 1.54) is 0 Å². The lowest BCUT2D eigenvalue weighted by atomic mass is 10.0. The van der Waals surface area contributed by atoms with Crippen LogP contribution in [-0.2, 0) is 37.9 Å². The number of halogens is 1. The van der Waals surface area contributed by atoms with Crippen molar-refractivity contribution in [2.24, 2.45) is 0 Å². The van der Waals surface area contributed by atoms with E-state index in [0.717, 1.165) is 80.9 Å². The largest absolute Gasteiger partial charge is 0.398 e. The van der Waals surface area contributed by atoms with Gasteiger partial charge >= 0.3 is 0 Å². The van der Waals surface area contributed by atoms with Gasteiger partial charge < -0.3 is 15.9 Å². The molecular weight excluding hydrogens is 534 g/mol. The van der Waals surface area contributed by atoms with Gasteiger partial charge in [-0.15, -0.1) is 0 Å². The van der Waals surface area contributed by atoms with E-state index < -0.39 is 18.9 Å². The van der Waals surface area contributed by atoms with E-state index in [1.807, 2.05) is 24.3 Å². The molecule has 0 amide bonds. The highest BCUT2D eigenvalue weighted by atomic mass is 35.7. The Morgan fingerprint density at radius 2 is 1.11 bits per heavy atom. The minimum absolute atomic E-state index is 0.0205. The molecule has 2 aliphatic rings. The van der Waals surface area contributed by atoms with Gasteiger partial charge in [0.25, 0.3) is 0 Å². The molecule has 2 saturated carbocycles. The summed E-state index contributed by atoms with van der Waals surface area (Å²) in [5.74, 6) is 0.0639. The topological polar surface area (TPSA) is 135 Å². The van der Waals surface area contributed by atoms with Crippen LogP contribution in [-0.4, -0.2) is 37.5 Å². The third kappa shape index (κ3) is 10.9. The van der Waals surface area contributed by atoms with Crippen molar-refractivity contribution in [3.05, 3.63) is 65.2 Å². The SMILES string of the molecule is Nc1ccccc1CO.O=S(=O)(Cc1ccccc1CO)C1CCCCC1.O=S(=O)(Cl)C1CCCCC1. The van der Waals surface area contributed by atoms with Crippen LogP contribution in [0.25, 0.3) is 0 Å². The van der Waals surface area contributed by atoms with Crippen LogP contribution in [0.5, 0.6) is 0 Å². The molecule has 208 valence electrons. The summed E-state index contributed by atoms with van der Waals surface area (Å²) in [4.78, 5) is 0. The fraction of sp³-hybridized carbons (Fsp3) is 0.556. The summed E-state index contributed by atoms with van der Waals surface area (Å²) in [6.45, 7) is -0.0803. The minimum atomic E-state index is -3.25. The van der Waals surface area contributed by atoms with E-state index in [0.29, 0.717) is 5.69 Å². The van der Waals surface area contributed by atoms with Crippen molar-refractivity contribution in [1.29, 1.82) is 0 Å². The number of nitrogens with two attached hydrogens (primary N) is 1. The lowest BCUT2D eigenvalue weighted by Gasteiger charge is -2.22. The molecule has 0 spiro atoms. The van der Waals surface area contributed by atoms with Gasteiger partial charge in [0.1, 0.15) is 0 Å². The summed E-state index contributed by atoms with van der Waals surface area (Å²) in [5.41, 5.74) is 8.37. The fourth-order valence-electron chi connectivity index (χ4n) is 4.64. The summed E-state index contributed by atoms with van der Waals surface area (Å²) in [5, 5.41) is 17.4. The van der Waals surface area contributed by atoms with Gasteiger partial charge in [-0.05, 0) is 42.9 Å². The van der Waals surface area contributed by atoms with E-state index in [2.05, 4.69) is 0 Å². The van der Waals surface area contributed by atoms with Crippen molar-refractivity contribution in [2.75, 3.05) is 5.73 Å². The van der Waals surface area contributed by atoms with Crippen molar-refractivity contribution >= 4 is 35.3 Å². The fourth-order valence-corrected chi connectivity index (χ4v) is 8.07. The zero-order valence-corrected chi connectivity index (χ0v) is 23.7. The van der Waals surface area contributed by atoms with Crippen LogP contribution in [0, 0.1) is 0 Å². The van der Waals surface area contributed by atoms with Crippen molar-refractivity contribution in [2.45, 2.75) is 93.7 Å². The lowest BCUT2D eigenvalue weighted by Crippen LogP contribution is -2.25. The lowest BCUT2D eigenvalue weighted by molar-refractivity contribution is 0.281. The maximum absolute atomic E-state index is 12.3. The van der Waals surface area contributed by atoms with Gasteiger partial charge in [0, 0.05) is 21.9 Å². The Hall–Kier alpha value is -1.65. The first-order chi connectivity index (χ1) is 17.6. The van der Waals surface area contributed by atoms with Crippen LogP contribution in [0.15, 0.2) is 48.5 Å².